The summed E-state index contributed by atoms with van der Waals surface area (Å²) in [6.45, 7) is 6.05. The standard InChI is InChI=1S/C13H18BrN3OS/c1-13(2,3)17-11(18)7-16-8-4-5-9(12(15)19)10(14)6-8/h4-6,16H,7H2,1-3H3,(H2,15,19)(H,17,18). The van der Waals surface area contributed by atoms with Crippen molar-refractivity contribution in [2.24, 2.45) is 5.73 Å². The lowest BCUT2D eigenvalue weighted by molar-refractivity contribution is -0.120. The molecule has 0 aliphatic carbocycles. The second-order valence-electron chi connectivity index (χ2n) is 5.21. The number of rotatable bonds is 4. The molecule has 0 unspecified atom stereocenters. The van der Waals surface area contributed by atoms with E-state index in [9.17, 15) is 4.79 Å². The Bertz CT molecular complexity index is 497. The van der Waals surface area contributed by atoms with Gasteiger partial charge >= 0.3 is 0 Å². The van der Waals surface area contributed by atoms with Crippen molar-refractivity contribution in [1.29, 1.82) is 0 Å². The van der Waals surface area contributed by atoms with E-state index in [2.05, 4.69) is 26.6 Å². The highest BCUT2D eigenvalue weighted by Crippen LogP contribution is 2.21. The van der Waals surface area contributed by atoms with Gasteiger partial charge in [-0.05, 0) is 54.9 Å². The third-order valence-corrected chi connectivity index (χ3v) is 3.08. The highest BCUT2D eigenvalue weighted by Gasteiger charge is 2.13. The summed E-state index contributed by atoms with van der Waals surface area (Å²) in [6, 6.07) is 5.50. The minimum atomic E-state index is -0.227. The zero-order chi connectivity index (χ0) is 14.6. The van der Waals surface area contributed by atoms with Crippen LogP contribution in [0.5, 0.6) is 0 Å². The Labute approximate surface area is 127 Å². The molecule has 0 saturated carbocycles. The second-order valence-corrected chi connectivity index (χ2v) is 6.50. The van der Waals surface area contributed by atoms with Crippen molar-refractivity contribution in [3.05, 3.63) is 28.2 Å². The van der Waals surface area contributed by atoms with Crippen molar-refractivity contribution in [3.8, 4) is 0 Å². The third kappa shape index (κ3) is 5.57. The van der Waals surface area contributed by atoms with E-state index in [4.69, 9.17) is 18.0 Å². The Kier molecular flexibility index (Phi) is 5.31. The van der Waals surface area contributed by atoms with Gasteiger partial charge < -0.3 is 16.4 Å². The molecule has 1 rings (SSSR count). The van der Waals surface area contributed by atoms with Gasteiger partial charge in [-0.2, -0.15) is 0 Å². The van der Waals surface area contributed by atoms with Crippen molar-refractivity contribution in [2.45, 2.75) is 26.3 Å². The summed E-state index contributed by atoms with van der Waals surface area (Å²) in [5.74, 6) is -0.0537. The Morgan fingerprint density at radius 3 is 2.53 bits per heavy atom. The molecular weight excluding hydrogens is 326 g/mol. The SMILES string of the molecule is CC(C)(C)NC(=O)CNc1ccc(C(N)=S)c(Br)c1. The maximum Gasteiger partial charge on any atom is 0.239 e. The summed E-state index contributed by atoms with van der Waals surface area (Å²) in [4.78, 5) is 12.0. The Morgan fingerprint density at radius 1 is 1.42 bits per heavy atom. The number of anilines is 1. The average Bonchev–Trinajstić information content (AvgIpc) is 2.23. The Hall–Kier alpha value is -1.14. The molecule has 104 valence electrons. The number of amides is 1. The third-order valence-electron chi connectivity index (χ3n) is 2.20. The summed E-state index contributed by atoms with van der Waals surface area (Å²) < 4.78 is 0.807. The van der Waals surface area contributed by atoms with Crippen LogP contribution in [-0.2, 0) is 4.79 Å². The number of benzene rings is 1. The molecule has 0 aliphatic heterocycles. The van der Waals surface area contributed by atoms with Crippen LogP contribution >= 0.6 is 28.1 Å². The first-order chi connectivity index (χ1) is 8.69. The highest BCUT2D eigenvalue weighted by molar-refractivity contribution is 9.10. The zero-order valence-electron chi connectivity index (χ0n) is 11.2. The van der Waals surface area contributed by atoms with Gasteiger partial charge in [-0.25, -0.2) is 0 Å². The topological polar surface area (TPSA) is 67.2 Å². The lowest BCUT2D eigenvalue weighted by Gasteiger charge is -2.20. The number of carbonyl (C=O) groups is 1. The first-order valence-electron chi connectivity index (χ1n) is 5.83. The van der Waals surface area contributed by atoms with E-state index in [0.717, 1.165) is 15.7 Å². The molecule has 0 atom stereocenters. The van der Waals surface area contributed by atoms with Crippen LogP contribution in [0.4, 0.5) is 5.69 Å². The van der Waals surface area contributed by atoms with Gasteiger partial charge in [-0.15, -0.1) is 0 Å². The molecule has 0 radical (unpaired) electrons. The first kappa shape index (κ1) is 15.9. The molecule has 1 aromatic carbocycles. The van der Waals surface area contributed by atoms with Crippen molar-refractivity contribution in [3.63, 3.8) is 0 Å². The Morgan fingerprint density at radius 2 is 2.05 bits per heavy atom. The van der Waals surface area contributed by atoms with Gasteiger partial charge in [-0.3, -0.25) is 4.79 Å². The van der Waals surface area contributed by atoms with Crippen LogP contribution in [0.3, 0.4) is 0 Å². The monoisotopic (exact) mass is 343 g/mol. The minimum Gasteiger partial charge on any atom is -0.389 e. The molecule has 0 aliphatic rings. The Balaban J connectivity index is 2.62. The van der Waals surface area contributed by atoms with Gasteiger partial charge in [0.15, 0.2) is 0 Å². The molecule has 0 fully saturated rings. The fraction of sp³-hybridized carbons (Fsp3) is 0.385. The molecule has 19 heavy (non-hydrogen) atoms. The van der Waals surface area contributed by atoms with Gasteiger partial charge in [0.2, 0.25) is 5.91 Å². The average molecular weight is 344 g/mol. The molecule has 1 amide bonds. The van der Waals surface area contributed by atoms with Gasteiger partial charge in [-0.1, -0.05) is 12.2 Å². The molecule has 6 heteroatoms. The predicted octanol–water partition coefficient (Wildman–Crippen LogP) is 2.41. The summed E-state index contributed by atoms with van der Waals surface area (Å²) in [5, 5.41) is 5.93. The van der Waals surface area contributed by atoms with Crippen LogP contribution in [0.2, 0.25) is 0 Å². The molecule has 4 N–H and O–H groups in total. The number of hydrogen-bond donors (Lipinski definition) is 3. The number of nitrogens with two attached hydrogens (primary N) is 1. The van der Waals surface area contributed by atoms with Gasteiger partial charge in [0.1, 0.15) is 4.99 Å². The van der Waals surface area contributed by atoms with Crippen molar-refractivity contribution in [1.82, 2.24) is 5.32 Å². The van der Waals surface area contributed by atoms with Crippen LogP contribution in [0, 0.1) is 0 Å². The zero-order valence-corrected chi connectivity index (χ0v) is 13.6. The van der Waals surface area contributed by atoms with E-state index in [1.807, 2.05) is 39.0 Å². The fourth-order valence-corrected chi connectivity index (χ4v) is 2.37. The number of carbonyl (C=O) groups excluding carboxylic acids is 1. The summed E-state index contributed by atoms with van der Waals surface area (Å²) >= 11 is 8.32. The van der Waals surface area contributed by atoms with E-state index >= 15 is 0 Å². The maximum atomic E-state index is 11.7. The van der Waals surface area contributed by atoms with Crippen molar-refractivity contribution in [2.75, 3.05) is 11.9 Å². The normalized spacial score (nSPS) is 10.9. The quantitative estimate of drug-likeness (QED) is 0.734. The predicted molar refractivity (Wildman–Crippen MR) is 86.4 cm³/mol. The van der Waals surface area contributed by atoms with Crippen LogP contribution in [0.1, 0.15) is 26.3 Å². The molecule has 0 aromatic heterocycles. The highest BCUT2D eigenvalue weighted by atomic mass is 79.9. The summed E-state index contributed by atoms with van der Waals surface area (Å²) in [5.41, 5.74) is 6.95. The molecule has 0 saturated heterocycles. The first-order valence-corrected chi connectivity index (χ1v) is 7.03. The van der Waals surface area contributed by atoms with Crippen LogP contribution < -0.4 is 16.4 Å². The second kappa shape index (κ2) is 6.34. The van der Waals surface area contributed by atoms with Gasteiger partial charge in [0.05, 0.1) is 6.54 Å². The smallest absolute Gasteiger partial charge is 0.239 e. The number of halogens is 1. The number of thiocarbonyl (C=S) groups is 1. The molecule has 0 heterocycles. The minimum absolute atomic E-state index is 0.0537. The van der Waals surface area contributed by atoms with Gasteiger partial charge in [0, 0.05) is 21.3 Å². The van der Waals surface area contributed by atoms with E-state index < -0.39 is 0 Å². The number of nitrogens with one attached hydrogen (secondary N) is 2. The van der Waals surface area contributed by atoms with E-state index in [1.165, 1.54) is 0 Å². The molecule has 0 bridgehead atoms. The summed E-state index contributed by atoms with van der Waals surface area (Å²) in [7, 11) is 0. The maximum absolute atomic E-state index is 11.7. The molecule has 1 aromatic rings. The van der Waals surface area contributed by atoms with Crippen LogP contribution in [0.25, 0.3) is 0 Å². The molecule has 0 spiro atoms. The van der Waals surface area contributed by atoms with E-state index in [0.29, 0.717) is 4.99 Å². The molecule has 4 nitrogen and oxygen atoms in total. The lowest BCUT2D eigenvalue weighted by atomic mass is 10.1. The van der Waals surface area contributed by atoms with Crippen LogP contribution in [-0.4, -0.2) is 23.0 Å². The lowest BCUT2D eigenvalue weighted by Crippen LogP contribution is -2.43. The largest absolute Gasteiger partial charge is 0.389 e. The van der Waals surface area contributed by atoms with E-state index in [-0.39, 0.29) is 18.0 Å². The molecular formula is C13H18BrN3OS. The van der Waals surface area contributed by atoms with Crippen LogP contribution in [0.15, 0.2) is 22.7 Å². The van der Waals surface area contributed by atoms with E-state index in [1.54, 1.807) is 0 Å². The number of hydrogen-bond acceptors (Lipinski definition) is 3. The van der Waals surface area contributed by atoms with Gasteiger partial charge in [0.25, 0.3) is 0 Å². The fourth-order valence-electron chi connectivity index (χ4n) is 1.47. The van der Waals surface area contributed by atoms with Crippen molar-refractivity contribution >= 4 is 44.7 Å². The summed E-state index contributed by atoms with van der Waals surface area (Å²) in [6.07, 6.45) is 0. The van der Waals surface area contributed by atoms with Crippen molar-refractivity contribution < 1.29 is 4.79 Å².